The standard InChI is InChI=1S/C26H23N7O2/c1-2-3-22(34)29-18-10-17(12-27-13-18)15-4-5-21-20(11-15)24(33-32-21)26-30-23-19(16-7-9-35-14-16)6-8-28-25(23)31-26/h4-14,22,29,34H,2-3H2,1H3,(H,32,33)(H,28,30,31). The number of imidazole rings is 1. The number of aliphatic hydroxyl groups is 1. The molecule has 6 rings (SSSR count). The van der Waals surface area contributed by atoms with Crippen LogP contribution in [0, 0.1) is 0 Å². The van der Waals surface area contributed by atoms with Gasteiger partial charge in [0.25, 0.3) is 0 Å². The van der Waals surface area contributed by atoms with Crippen molar-refractivity contribution >= 4 is 27.8 Å². The van der Waals surface area contributed by atoms with Crippen LogP contribution in [-0.2, 0) is 0 Å². The smallest absolute Gasteiger partial charge is 0.178 e. The molecule has 5 aromatic heterocycles. The molecule has 1 atom stereocenters. The summed E-state index contributed by atoms with van der Waals surface area (Å²) in [6, 6.07) is 11.9. The minimum atomic E-state index is -0.603. The molecule has 0 saturated carbocycles. The molecule has 0 saturated heterocycles. The predicted molar refractivity (Wildman–Crippen MR) is 134 cm³/mol. The van der Waals surface area contributed by atoms with Crippen LogP contribution in [0.4, 0.5) is 5.69 Å². The van der Waals surface area contributed by atoms with E-state index in [2.05, 4.69) is 36.5 Å². The van der Waals surface area contributed by atoms with Gasteiger partial charge in [0.2, 0.25) is 0 Å². The highest BCUT2D eigenvalue weighted by Crippen LogP contribution is 2.33. The maximum absolute atomic E-state index is 10.1. The van der Waals surface area contributed by atoms with Crippen molar-refractivity contribution in [3.05, 3.63) is 67.5 Å². The Labute approximate surface area is 200 Å². The number of rotatable bonds is 7. The fourth-order valence-electron chi connectivity index (χ4n) is 4.27. The molecule has 0 aliphatic carbocycles. The number of anilines is 1. The summed E-state index contributed by atoms with van der Waals surface area (Å²) in [5.41, 5.74) is 7.63. The average molecular weight is 466 g/mol. The monoisotopic (exact) mass is 465 g/mol. The Morgan fingerprint density at radius 1 is 1.09 bits per heavy atom. The van der Waals surface area contributed by atoms with Crippen molar-refractivity contribution in [1.82, 2.24) is 30.1 Å². The molecule has 0 spiro atoms. The van der Waals surface area contributed by atoms with Gasteiger partial charge in [-0.25, -0.2) is 9.97 Å². The second kappa shape index (κ2) is 8.69. The molecule has 1 aromatic carbocycles. The van der Waals surface area contributed by atoms with E-state index in [1.54, 1.807) is 31.1 Å². The molecule has 6 aromatic rings. The lowest BCUT2D eigenvalue weighted by Crippen LogP contribution is -2.18. The summed E-state index contributed by atoms with van der Waals surface area (Å²) in [5, 5.41) is 21.8. The highest BCUT2D eigenvalue weighted by Gasteiger charge is 2.17. The number of pyridine rings is 2. The van der Waals surface area contributed by atoms with Gasteiger partial charge in [-0.3, -0.25) is 10.1 Å². The van der Waals surface area contributed by atoms with Crippen molar-refractivity contribution in [3.63, 3.8) is 0 Å². The van der Waals surface area contributed by atoms with E-state index in [0.717, 1.165) is 50.8 Å². The molecule has 0 aliphatic rings. The molecule has 9 heteroatoms. The summed E-state index contributed by atoms with van der Waals surface area (Å²) >= 11 is 0. The summed E-state index contributed by atoms with van der Waals surface area (Å²) in [7, 11) is 0. The predicted octanol–water partition coefficient (Wildman–Crippen LogP) is 5.35. The maximum Gasteiger partial charge on any atom is 0.178 e. The molecule has 35 heavy (non-hydrogen) atoms. The van der Waals surface area contributed by atoms with Crippen molar-refractivity contribution in [2.24, 2.45) is 0 Å². The summed E-state index contributed by atoms with van der Waals surface area (Å²) in [5.74, 6) is 0.628. The molecule has 5 heterocycles. The van der Waals surface area contributed by atoms with Crippen LogP contribution >= 0.6 is 0 Å². The zero-order valence-corrected chi connectivity index (χ0v) is 19.0. The number of nitrogens with zero attached hydrogens (tertiary/aromatic N) is 4. The van der Waals surface area contributed by atoms with E-state index in [0.29, 0.717) is 23.6 Å². The fourth-order valence-corrected chi connectivity index (χ4v) is 4.27. The number of nitrogens with one attached hydrogen (secondary N) is 3. The molecule has 0 radical (unpaired) electrons. The Morgan fingerprint density at radius 3 is 2.89 bits per heavy atom. The third-order valence-electron chi connectivity index (χ3n) is 5.98. The summed E-state index contributed by atoms with van der Waals surface area (Å²) in [4.78, 5) is 16.9. The fraction of sp³-hybridized carbons (Fsp3) is 0.154. The lowest BCUT2D eigenvalue weighted by molar-refractivity contribution is 0.192. The molecule has 0 bridgehead atoms. The number of aromatic nitrogens is 6. The molecule has 4 N–H and O–H groups in total. The van der Waals surface area contributed by atoms with Gasteiger partial charge in [0.05, 0.1) is 35.4 Å². The first-order chi connectivity index (χ1) is 17.2. The number of H-pyrrole nitrogens is 2. The van der Waals surface area contributed by atoms with Crippen molar-refractivity contribution in [2.75, 3.05) is 5.32 Å². The van der Waals surface area contributed by atoms with Gasteiger partial charge in [0, 0.05) is 34.5 Å². The van der Waals surface area contributed by atoms with Crippen LogP contribution in [-0.4, -0.2) is 41.5 Å². The topological polar surface area (TPSA) is 129 Å². The second-order valence-electron chi connectivity index (χ2n) is 8.40. The Kier molecular flexibility index (Phi) is 5.23. The van der Waals surface area contributed by atoms with Crippen LogP contribution in [0.2, 0.25) is 0 Å². The number of furan rings is 1. The highest BCUT2D eigenvalue weighted by molar-refractivity contribution is 5.97. The third kappa shape index (κ3) is 3.91. The van der Waals surface area contributed by atoms with E-state index in [1.807, 2.05) is 37.3 Å². The summed E-state index contributed by atoms with van der Waals surface area (Å²) < 4.78 is 5.26. The molecule has 9 nitrogen and oxygen atoms in total. The first-order valence-electron chi connectivity index (χ1n) is 11.5. The van der Waals surface area contributed by atoms with Crippen molar-refractivity contribution < 1.29 is 9.52 Å². The minimum Gasteiger partial charge on any atom is -0.472 e. The van der Waals surface area contributed by atoms with E-state index in [-0.39, 0.29) is 0 Å². The molecule has 0 fully saturated rings. The number of hydrogen-bond acceptors (Lipinski definition) is 7. The van der Waals surface area contributed by atoms with Crippen molar-refractivity contribution in [3.8, 4) is 33.8 Å². The summed E-state index contributed by atoms with van der Waals surface area (Å²) in [6.45, 7) is 2.04. The van der Waals surface area contributed by atoms with Crippen LogP contribution in [0.5, 0.6) is 0 Å². The van der Waals surface area contributed by atoms with Gasteiger partial charge in [-0.2, -0.15) is 5.10 Å². The number of aromatic amines is 2. The largest absolute Gasteiger partial charge is 0.472 e. The van der Waals surface area contributed by atoms with Crippen LogP contribution in [0.25, 0.3) is 55.8 Å². The molecule has 1 unspecified atom stereocenters. The molecule has 0 aliphatic heterocycles. The van der Waals surface area contributed by atoms with Gasteiger partial charge in [-0.15, -0.1) is 0 Å². The van der Waals surface area contributed by atoms with Gasteiger partial charge >= 0.3 is 0 Å². The Balaban J connectivity index is 1.40. The zero-order valence-electron chi connectivity index (χ0n) is 19.0. The average Bonchev–Trinajstić information content (AvgIpc) is 3.63. The first-order valence-corrected chi connectivity index (χ1v) is 11.5. The summed E-state index contributed by atoms with van der Waals surface area (Å²) in [6.07, 6.45) is 9.56. The van der Waals surface area contributed by atoms with E-state index >= 15 is 0 Å². The number of aliphatic hydroxyl groups excluding tert-OH is 1. The lowest BCUT2D eigenvalue weighted by Gasteiger charge is -2.13. The Hall–Kier alpha value is -4.50. The zero-order chi connectivity index (χ0) is 23.8. The molecular weight excluding hydrogens is 442 g/mol. The van der Waals surface area contributed by atoms with E-state index < -0.39 is 6.23 Å². The highest BCUT2D eigenvalue weighted by atomic mass is 16.3. The van der Waals surface area contributed by atoms with Crippen LogP contribution in [0.15, 0.2) is 71.9 Å². The quantitative estimate of drug-likeness (QED) is 0.234. The Morgan fingerprint density at radius 2 is 2.03 bits per heavy atom. The third-order valence-corrected chi connectivity index (χ3v) is 5.98. The number of benzene rings is 1. The molecular formula is C26H23N7O2. The van der Waals surface area contributed by atoms with Crippen LogP contribution in [0.3, 0.4) is 0 Å². The normalized spacial score (nSPS) is 12.4. The van der Waals surface area contributed by atoms with E-state index in [4.69, 9.17) is 9.40 Å². The Bertz CT molecular complexity index is 1620. The molecule has 174 valence electrons. The minimum absolute atomic E-state index is 0.603. The first kappa shape index (κ1) is 21.1. The van der Waals surface area contributed by atoms with Gasteiger partial charge in [-0.1, -0.05) is 19.4 Å². The second-order valence-corrected chi connectivity index (χ2v) is 8.40. The molecule has 0 amide bonds. The maximum atomic E-state index is 10.1. The SMILES string of the molecule is CCCC(O)Nc1cncc(-c2ccc3[nH]nc(-c4nc5nccc(-c6ccoc6)c5[nH]4)c3c2)c1. The number of fused-ring (bicyclic) bond motifs is 2. The van der Waals surface area contributed by atoms with Crippen LogP contribution < -0.4 is 5.32 Å². The van der Waals surface area contributed by atoms with Gasteiger partial charge in [0.15, 0.2) is 11.5 Å². The van der Waals surface area contributed by atoms with Gasteiger partial charge < -0.3 is 19.8 Å². The van der Waals surface area contributed by atoms with Crippen molar-refractivity contribution in [1.29, 1.82) is 0 Å². The van der Waals surface area contributed by atoms with Gasteiger partial charge in [-0.05, 0) is 42.3 Å². The van der Waals surface area contributed by atoms with E-state index in [1.165, 1.54) is 0 Å². The lowest BCUT2D eigenvalue weighted by atomic mass is 10.0. The van der Waals surface area contributed by atoms with Crippen LogP contribution in [0.1, 0.15) is 19.8 Å². The van der Waals surface area contributed by atoms with Crippen molar-refractivity contribution in [2.45, 2.75) is 26.0 Å². The van der Waals surface area contributed by atoms with E-state index in [9.17, 15) is 5.11 Å². The van der Waals surface area contributed by atoms with Gasteiger partial charge in [0.1, 0.15) is 11.9 Å². The number of hydrogen-bond donors (Lipinski definition) is 4.